The molecule has 0 saturated carbocycles. The molecule has 5 nitrogen and oxygen atoms in total. The van der Waals surface area contributed by atoms with Crippen molar-refractivity contribution >= 4 is 0 Å². The molecule has 0 fully saturated rings. The highest BCUT2D eigenvalue weighted by molar-refractivity contribution is 5.19. The van der Waals surface area contributed by atoms with Gasteiger partial charge in [0, 0.05) is 31.4 Å². The zero-order chi connectivity index (χ0) is 14.2. The van der Waals surface area contributed by atoms with E-state index in [1.807, 2.05) is 41.1 Å². The van der Waals surface area contributed by atoms with Crippen molar-refractivity contribution in [3.63, 3.8) is 0 Å². The molecule has 0 bridgehead atoms. The molecule has 3 aromatic rings. The summed E-state index contributed by atoms with van der Waals surface area (Å²) < 4.78 is 6.94. The highest BCUT2D eigenvalue weighted by atomic mass is 16.5. The SMILES string of the molecule is CCn1ccnc1.O=c1cc(Cc2ccccc2)o[nH]1. The van der Waals surface area contributed by atoms with Crippen LogP contribution in [0, 0.1) is 0 Å². The van der Waals surface area contributed by atoms with Crippen LogP contribution in [0.25, 0.3) is 0 Å². The number of aromatic amines is 1. The van der Waals surface area contributed by atoms with Gasteiger partial charge in [0.2, 0.25) is 0 Å². The average Bonchev–Trinajstić information content (AvgIpc) is 3.12. The Morgan fingerprint density at radius 2 is 2.10 bits per heavy atom. The maximum absolute atomic E-state index is 10.7. The first-order valence-corrected chi connectivity index (χ1v) is 6.45. The third-order valence-corrected chi connectivity index (χ3v) is 2.72. The topological polar surface area (TPSA) is 63.8 Å². The number of nitrogens with zero attached hydrogens (tertiary/aromatic N) is 2. The van der Waals surface area contributed by atoms with Crippen LogP contribution in [0.15, 0.2) is 64.4 Å². The molecule has 0 aliphatic heterocycles. The summed E-state index contributed by atoms with van der Waals surface area (Å²) in [6.07, 6.45) is 6.18. The molecular weight excluding hydrogens is 254 g/mol. The molecule has 0 radical (unpaired) electrons. The summed E-state index contributed by atoms with van der Waals surface area (Å²) >= 11 is 0. The van der Waals surface area contributed by atoms with E-state index >= 15 is 0 Å². The second kappa shape index (κ2) is 7.13. The van der Waals surface area contributed by atoms with Gasteiger partial charge in [-0.1, -0.05) is 30.3 Å². The van der Waals surface area contributed by atoms with Crippen molar-refractivity contribution in [2.24, 2.45) is 0 Å². The van der Waals surface area contributed by atoms with Crippen LogP contribution < -0.4 is 5.56 Å². The zero-order valence-corrected chi connectivity index (χ0v) is 11.3. The predicted octanol–water partition coefficient (Wildman–Crippen LogP) is 2.46. The minimum absolute atomic E-state index is 0.189. The Morgan fingerprint density at radius 1 is 1.30 bits per heavy atom. The first-order valence-electron chi connectivity index (χ1n) is 6.45. The number of aryl methyl sites for hydroxylation is 1. The molecule has 3 rings (SSSR count). The van der Waals surface area contributed by atoms with E-state index in [2.05, 4.69) is 17.1 Å². The standard InChI is InChI=1S/C10H9NO2.C5H8N2/c12-10-7-9(13-11-10)6-8-4-2-1-3-5-8;1-2-7-4-3-6-5-7/h1-5,7H,6H2,(H,11,12);3-5H,2H2,1H3. The molecule has 104 valence electrons. The molecule has 0 spiro atoms. The molecule has 1 N–H and O–H groups in total. The normalized spacial score (nSPS) is 9.85. The number of aromatic nitrogens is 3. The summed E-state index contributed by atoms with van der Waals surface area (Å²) in [4.78, 5) is 14.6. The number of benzene rings is 1. The minimum atomic E-state index is -0.189. The maximum atomic E-state index is 10.7. The van der Waals surface area contributed by atoms with E-state index in [1.54, 1.807) is 12.5 Å². The second-order valence-corrected chi connectivity index (χ2v) is 4.23. The lowest BCUT2D eigenvalue weighted by atomic mass is 10.1. The fourth-order valence-electron chi connectivity index (χ4n) is 1.68. The quantitative estimate of drug-likeness (QED) is 0.796. The summed E-state index contributed by atoms with van der Waals surface area (Å²) in [5, 5.41) is 2.26. The van der Waals surface area contributed by atoms with E-state index in [0.29, 0.717) is 12.2 Å². The van der Waals surface area contributed by atoms with E-state index in [1.165, 1.54) is 6.07 Å². The van der Waals surface area contributed by atoms with Gasteiger partial charge >= 0.3 is 0 Å². The Balaban J connectivity index is 0.000000178. The molecule has 0 aliphatic rings. The van der Waals surface area contributed by atoms with Crippen molar-refractivity contribution in [3.05, 3.63) is 76.8 Å². The van der Waals surface area contributed by atoms with Crippen LogP contribution >= 0.6 is 0 Å². The van der Waals surface area contributed by atoms with Crippen molar-refractivity contribution in [2.75, 3.05) is 0 Å². The fraction of sp³-hybridized carbons (Fsp3) is 0.200. The number of nitrogens with one attached hydrogen (secondary N) is 1. The highest BCUT2D eigenvalue weighted by Crippen LogP contribution is 2.05. The Morgan fingerprint density at radius 3 is 2.60 bits per heavy atom. The van der Waals surface area contributed by atoms with E-state index in [9.17, 15) is 4.79 Å². The minimum Gasteiger partial charge on any atom is -0.383 e. The van der Waals surface area contributed by atoms with Crippen LogP contribution in [0.5, 0.6) is 0 Å². The van der Waals surface area contributed by atoms with E-state index in [4.69, 9.17) is 4.52 Å². The summed E-state index contributed by atoms with van der Waals surface area (Å²) in [6, 6.07) is 11.3. The van der Waals surface area contributed by atoms with Gasteiger partial charge in [-0.25, -0.2) is 4.98 Å². The van der Waals surface area contributed by atoms with Gasteiger partial charge in [0.25, 0.3) is 5.56 Å². The number of H-pyrrole nitrogens is 1. The lowest BCUT2D eigenvalue weighted by molar-refractivity contribution is 0.384. The molecular formula is C15H17N3O2. The van der Waals surface area contributed by atoms with Gasteiger partial charge in [0.15, 0.2) is 0 Å². The largest absolute Gasteiger partial charge is 0.383 e. The lowest BCUT2D eigenvalue weighted by Crippen LogP contribution is -1.93. The molecule has 0 unspecified atom stereocenters. The summed E-state index contributed by atoms with van der Waals surface area (Å²) in [5.41, 5.74) is 0.941. The van der Waals surface area contributed by atoms with Crippen LogP contribution in [-0.4, -0.2) is 14.7 Å². The first kappa shape index (κ1) is 13.9. The molecule has 2 aromatic heterocycles. The molecule has 0 saturated heterocycles. The van der Waals surface area contributed by atoms with Crippen molar-refractivity contribution in [1.82, 2.24) is 14.7 Å². The van der Waals surface area contributed by atoms with Gasteiger partial charge in [-0.2, -0.15) is 5.16 Å². The predicted molar refractivity (Wildman–Crippen MR) is 76.5 cm³/mol. The third-order valence-electron chi connectivity index (χ3n) is 2.72. The number of hydrogen-bond acceptors (Lipinski definition) is 3. The highest BCUT2D eigenvalue weighted by Gasteiger charge is 1.99. The monoisotopic (exact) mass is 271 g/mol. The van der Waals surface area contributed by atoms with Gasteiger partial charge in [0.1, 0.15) is 5.76 Å². The van der Waals surface area contributed by atoms with Crippen molar-refractivity contribution in [1.29, 1.82) is 0 Å². The fourth-order valence-corrected chi connectivity index (χ4v) is 1.68. The molecule has 20 heavy (non-hydrogen) atoms. The average molecular weight is 271 g/mol. The Bertz CT molecular complexity index is 654. The summed E-state index contributed by atoms with van der Waals surface area (Å²) in [7, 11) is 0. The number of hydrogen-bond donors (Lipinski definition) is 1. The van der Waals surface area contributed by atoms with Crippen LogP contribution in [0.2, 0.25) is 0 Å². The molecule has 0 amide bonds. The van der Waals surface area contributed by atoms with E-state index in [-0.39, 0.29) is 5.56 Å². The smallest absolute Gasteiger partial charge is 0.280 e. The second-order valence-electron chi connectivity index (χ2n) is 4.23. The molecule has 2 heterocycles. The van der Waals surface area contributed by atoms with Gasteiger partial charge in [-0.15, -0.1) is 0 Å². The Labute approximate surface area is 116 Å². The lowest BCUT2D eigenvalue weighted by Gasteiger charge is -1.94. The molecule has 1 aromatic carbocycles. The van der Waals surface area contributed by atoms with Crippen molar-refractivity contribution in [3.8, 4) is 0 Å². The van der Waals surface area contributed by atoms with Gasteiger partial charge in [-0.05, 0) is 12.5 Å². The van der Waals surface area contributed by atoms with Gasteiger partial charge in [0.05, 0.1) is 6.33 Å². The Kier molecular flexibility index (Phi) is 4.94. The van der Waals surface area contributed by atoms with Gasteiger partial charge in [-0.3, -0.25) is 4.79 Å². The van der Waals surface area contributed by atoms with Gasteiger partial charge < -0.3 is 9.09 Å². The van der Waals surface area contributed by atoms with Crippen LogP contribution in [0.4, 0.5) is 0 Å². The molecule has 0 atom stereocenters. The zero-order valence-electron chi connectivity index (χ0n) is 11.3. The number of imidazole rings is 1. The summed E-state index contributed by atoms with van der Waals surface area (Å²) in [5.74, 6) is 0.663. The Hall–Kier alpha value is -2.56. The van der Waals surface area contributed by atoms with Crippen LogP contribution in [0.1, 0.15) is 18.2 Å². The molecule has 5 heteroatoms. The first-order chi connectivity index (χ1) is 9.78. The van der Waals surface area contributed by atoms with Crippen LogP contribution in [0.3, 0.4) is 0 Å². The molecule has 0 aliphatic carbocycles. The third kappa shape index (κ3) is 4.28. The van der Waals surface area contributed by atoms with Crippen molar-refractivity contribution < 1.29 is 4.52 Å². The maximum Gasteiger partial charge on any atom is 0.280 e. The number of rotatable bonds is 3. The summed E-state index contributed by atoms with van der Waals surface area (Å²) in [6.45, 7) is 3.10. The van der Waals surface area contributed by atoms with E-state index in [0.717, 1.165) is 12.1 Å². The van der Waals surface area contributed by atoms with Crippen LogP contribution in [-0.2, 0) is 13.0 Å². The van der Waals surface area contributed by atoms with E-state index < -0.39 is 0 Å². The van der Waals surface area contributed by atoms with Crippen molar-refractivity contribution in [2.45, 2.75) is 19.9 Å².